The molecule has 0 aromatic heterocycles. The number of hydrogen-bond acceptors (Lipinski definition) is 4. The van der Waals surface area contributed by atoms with Crippen LogP contribution in [0.3, 0.4) is 0 Å². The second-order valence-corrected chi connectivity index (χ2v) is 2.98. The first kappa shape index (κ1) is 8.49. The van der Waals surface area contributed by atoms with Gasteiger partial charge in [-0.05, 0) is 24.3 Å². The molecule has 0 amide bonds. The van der Waals surface area contributed by atoms with Crippen molar-refractivity contribution in [2.24, 2.45) is 0 Å². The van der Waals surface area contributed by atoms with Gasteiger partial charge in [0.1, 0.15) is 5.75 Å². The minimum Gasteiger partial charge on any atom is -0.429 e. The summed E-state index contributed by atoms with van der Waals surface area (Å²) in [4.78, 5) is 10.9. The molecule has 0 aliphatic carbocycles. The van der Waals surface area contributed by atoms with Gasteiger partial charge in [-0.1, -0.05) is 10.8 Å². The van der Waals surface area contributed by atoms with Crippen molar-refractivity contribution < 1.29 is 9.53 Å². The van der Waals surface area contributed by atoms with Gasteiger partial charge in [0.05, 0.1) is 0 Å². The fraction of sp³-hybridized carbons (Fsp3) is 0. The summed E-state index contributed by atoms with van der Waals surface area (Å²) in [7, 11) is 1.35. The van der Waals surface area contributed by atoms with Gasteiger partial charge in [0.15, 0.2) is 0 Å². The number of ether oxygens (including phenoxy) is 1. The van der Waals surface area contributed by atoms with Crippen LogP contribution < -0.4 is 4.74 Å². The smallest absolute Gasteiger partial charge is 0.298 e. The minimum atomic E-state index is 0.406. The SMILES string of the molecule is O=COc1ccc(SS)cc1. The monoisotopic (exact) mass is 186 g/mol. The lowest BCUT2D eigenvalue weighted by Crippen LogP contribution is -1.86. The van der Waals surface area contributed by atoms with E-state index >= 15 is 0 Å². The second kappa shape index (κ2) is 4.31. The van der Waals surface area contributed by atoms with E-state index < -0.39 is 0 Å². The Morgan fingerprint density at radius 1 is 1.36 bits per heavy atom. The summed E-state index contributed by atoms with van der Waals surface area (Å²) < 4.78 is 4.59. The van der Waals surface area contributed by atoms with Crippen LogP contribution in [0.4, 0.5) is 0 Å². The first-order valence-electron chi connectivity index (χ1n) is 2.88. The first-order chi connectivity index (χ1) is 5.36. The maximum absolute atomic E-state index is 9.89. The fourth-order valence-electron chi connectivity index (χ4n) is 0.635. The van der Waals surface area contributed by atoms with Crippen LogP contribution in [0.2, 0.25) is 0 Å². The third-order valence-electron chi connectivity index (χ3n) is 1.11. The molecular formula is C7H6O2S2. The van der Waals surface area contributed by atoms with E-state index in [-0.39, 0.29) is 0 Å². The Kier molecular flexibility index (Phi) is 3.32. The fourth-order valence-corrected chi connectivity index (χ4v) is 1.26. The van der Waals surface area contributed by atoms with Gasteiger partial charge in [0, 0.05) is 4.90 Å². The molecule has 1 aromatic carbocycles. The summed E-state index contributed by atoms with van der Waals surface area (Å²) in [5, 5.41) is 0. The van der Waals surface area contributed by atoms with Crippen LogP contribution in [-0.2, 0) is 4.79 Å². The van der Waals surface area contributed by atoms with Crippen molar-refractivity contribution in [2.45, 2.75) is 4.90 Å². The van der Waals surface area contributed by atoms with Gasteiger partial charge in [0.2, 0.25) is 0 Å². The molecule has 0 unspecified atom stereocenters. The Hall–Kier alpha value is -0.610. The molecule has 0 fully saturated rings. The van der Waals surface area contributed by atoms with Gasteiger partial charge in [0.25, 0.3) is 6.47 Å². The highest BCUT2D eigenvalue weighted by molar-refractivity contribution is 8.68. The molecule has 1 aromatic rings. The van der Waals surface area contributed by atoms with Gasteiger partial charge in [-0.25, -0.2) is 0 Å². The van der Waals surface area contributed by atoms with Crippen molar-refractivity contribution >= 4 is 28.9 Å². The van der Waals surface area contributed by atoms with Crippen LogP contribution >= 0.6 is 22.5 Å². The molecule has 0 bridgehead atoms. The van der Waals surface area contributed by atoms with Crippen LogP contribution in [0, 0.1) is 0 Å². The van der Waals surface area contributed by atoms with E-state index in [2.05, 4.69) is 16.4 Å². The van der Waals surface area contributed by atoms with Gasteiger partial charge < -0.3 is 4.74 Å². The number of carbonyl (C=O) groups excluding carboxylic acids is 1. The highest BCUT2D eigenvalue weighted by atomic mass is 33.1. The van der Waals surface area contributed by atoms with Crippen LogP contribution in [0.1, 0.15) is 0 Å². The van der Waals surface area contributed by atoms with Crippen LogP contribution in [0.25, 0.3) is 0 Å². The van der Waals surface area contributed by atoms with E-state index in [1.54, 1.807) is 12.1 Å². The quantitative estimate of drug-likeness (QED) is 0.445. The van der Waals surface area contributed by atoms with E-state index in [4.69, 9.17) is 0 Å². The lowest BCUT2D eigenvalue weighted by molar-refractivity contribution is -0.120. The van der Waals surface area contributed by atoms with Crippen molar-refractivity contribution in [3.8, 4) is 5.75 Å². The third-order valence-corrected chi connectivity index (χ3v) is 2.23. The lowest BCUT2D eigenvalue weighted by Gasteiger charge is -1.97. The normalized spacial score (nSPS) is 9.18. The summed E-state index contributed by atoms with van der Waals surface area (Å²) in [6.45, 7) is 0.406. The van der Waals surface area contributed by atoms with Crippen LogP contribution in [-0.4, -0.2) is 6.47 Å². The minimum absolute atomic E-state index is 0.406. The molecule has 0 atom stereocenters. The maximum atomic E-state index is 9.89. The zero-order valence-corrected chi connectivity index (χ0v) is 7.27. The molecule has 0 radical (unpaired) electrons. The lowest BCUT2D eigenvalue weighted by atomic mass is 10.3. The summed E-state index contributed by atoms with van der Waals surface area (Å²) >= 11 is 4.00. The Balaban J connectivity index is 2.74. The Labute approximate surface area is 73.7 Å². The molecule has 0 aliphatic rings. The molecule has 0 N–H and O–H groups in total. The largest absolute Gasteiger partial charge is 0.429 e. The molecule has 0 saturated heterocycles. The van der Waals surface area contributed by atoms with Gasteiger partial charge in [-0.15, -0.1) is 11.7 Å². The van der Waals surface area contributed by atoms with Crippen molar-refractivity contribution in [3.05, 3.63) is 24.3 Å². The molecule has 4 heteroatoms. The van der Waals surface area contributed by atoms with E-state index in [9.17, 15) is 4.79 Å². The first-order valence-corrected chi connectivity index (χ1v) is 4.75. The van der Waals surface area contributed by atoms with Crippen LogP contribution in [0.15, 0.2) is 29.2 Å². The summed E-state index contributed by atoms with van der Waals surface area (Å²) in [6, 6.07) is 7.09. The third kappa shape index (κ3) is 2.48. The Morgan fingerprint density at radius 3 is 2.45 bits per heavy atom. The second-order valence-electron chi connectivity index (χ2n) is 1.78. The van der Waals surface area contributed by atoms with E-state index in [0.717, 1.165) is 4.90 Å². The molecule has 2 nitrogen and oxygen atoms in total. The highest BCUT2D eigenvalue weighted by Crippen LogP contribution is 2.23. The number of rotatable bonds is 3. The molecule has 0 heterocycles. The van der Waals surface area contributed by atoms with Gasteiger partial charge in [-0.2, -0.15) is 0 Å². The highest BCUT2D eigenvalue weighted by Gasteiger charge is 1.92. The molecule has 58 valence electrons. The number of hydrogen-bond donors (Lipinski definition) is 1. The maximum Gasteiger partial charge on any atom is 0.298 e. The van der Waals surface area contributed by atoms with E-state index in [0.29, 0.717) is 12.2 Å². The van der Waals surface area contributed by atoms with Crippen molar-refractivity contribution in [1.82, 2.24) is 0 Å². The van der Waals surface area contributed by atoms with Crippen LogP contribution in [0.5, 0.6) is 5.75 Å². The van der Waals surface area contributed by atoms with Crippen molar-refractivity contribution in [2.75, 3.05) is 0 Å². The average Bonchev–Trinajstić information content (AvgIpc) is 2.07. The number of thiol groups is 1. The molecule has 0 spiro atoms. The average molecular weight is 186 g/mol. The van der Waals surface area contributed by atoms with Crippen molar-refractivity contribution in [3.63, 3.8) is 0 Å². The van der Waals surface area contributed by atoms with Gasteiger partial charge >= 0.3 is 0 Å². The summed E-state index contributed by atoms with van der Waals surface area (Å²) in [5.41, 5.74) is 0. The Morgan fingerprint density at radius 2 is 2.00 bits per heavy atom. The zero-order chi connectivity index (χ0) is 8.10. The topological polar surface area (TPSA) is 26.3 Å². The van der Waals surface area contributed by atoms with Crippen molar-refractivity contribution in [1.29, 1.82) is 0 Å². The molecular weight excluding hydrogens is 180 g/mol. The molecule has 0 saturated carbocycles. The zero-order valence-electron chi connectivity index (χ0n) is 5.56. The number of benzene rings is 1. The Bertz CT molecular complexity index is 233. The van der Waals surface area contributed by atoms with E-state index in [1.807, 2.05) is 12.1 Å². The van der Waals surface area contributed by atoms with E-state index in [1.165, 1.54) is 10.8 Å². The summed E-state index contributed by atoms with van der Waals surface area (Å²) in [5.74, 6) is 0.547. The molecule has 0 aliphatic heterocycles. The van der Waals surface area contributed by atoms with Gasteiger partial charge in [-0.3, -0.25) is 4.79 Å². The number of carbonyl (C=O) groups is 1. The predicted molar refractivity (Wildman–Crippen MR) is 48.0 cm³/mol. The molecule has 11 heavy (non-hydrogen) atoms. The predicted octanol–water partition coefficient (Wildman–Crippen LogP) is 2.16. The standard InChI is InChI=1S/C7H6O2S2/c8-5-9-6-1-3-7(11-10)4-2-6/h1-5,10H. The summed E-state index contributed by atoms with van der Waals surface area (Å²) in [6.07, 6.45) is 0. The molecule has 1 rings (SSSR count).